The molecular weight excluding hydrogens is 268 g/mol. The minimum atomic E-state index is -0.0336. The van der Waals surface area contributed by atoms with Crippen LogP contribution >= 0.6 is 0 Å². The number of aromatic nitrogens is 4. The van der Waals surface area contributed by atoms with E-state index < -0.39 is 0 Å². The molecule has 3 rings (SSSR count). The van der Waals surface area contributed by atoms with Gasteiger partial charge in [0, 0.05) is 24.3 Å². The molecule has 0 aromatic carbocycles. The molecule has 0 saturated carbocycles. The highest BCUT2D eigenvalue weighted by Gasteiger charge is 2.26. The zero-order chi connectivity index (χ0) is 15.0. The van der Waals surface area contributed by atoms with Gasteiger partial charge >= 0.3 is 0 Å². The number of hydrogen-bond donors (Lipinski definition) is 2. The van der Waals surface area contributed by atoms with Gasteiger partial charge in [-0.15, -0.1) is 0 Å². The van der Waals surface area contributed by atoms with Gasteiger partial charge in [0.1, 0.15) is 5.69 Å². The van der Waals surface area contributed by atoms with Crippen LogP contribution in [-0.4, -0.2) is 56.7 Å². The van der Waals surface area contributed by atoms with Crippen LogP contribution in [0.1, 0.15) is 33.1 Å². The molecule has 21 heavy (non-hydrogen) atoms. The van der Waals surface area contributed by atoms with E-state index in [1.165, 1.54) is 5.56 Å². The molecule has 1 aliphatic rings. The van der Waals surface area contributed by atoms with E-state index in [4.69, 9.17) is 0 Å². The normalized spacial score (nSPS) is 14.6. The highest BCUT2D eigenvalue weighted by molar-refractivity contribution is 5.92. The second kappa shape index (κ2) is 5.33. The second-order valence-corrected chi connectivity index (χ2v) is 5.78. The van der Waals surface area contributed by atoms with E-state index in [0.29, 0.717) is 18.8 Å². The molecule has 0 bridgehead atoms. The maximum atomic E-state index is 12.4. The van der Waals surface area contributed by atoms with Crippen LogP contribution in [0.4, 0.5) is 0 Å². The Balaban J connectivity index is 1.76. The summed E-state index contributed by atoms with van der Waals surface area (Å²) in [5, 5.41) is 14.3. The summed E-state index contributed by atoms with van der Waals surface area (Å²) >= 11 is 0. The van der Waals surface area contributed by atoms with Crippen molar-refractivity contribution in [3.8, 4) is 0 Å². The van der Waals surface area contributed by atoms with Crippen molar-refractivity contribution in [1.82, 2.24) is 30.2 Å². The molecule has 0 spiro atoms. The number of carbonyl (C=O) groups excluding carboxylic acids is 1. The van der Waals surface area contributed by atoms with Crippen LogP contribution in [0.3, 0.4) is 0 Å². The molecule has 7 heteroatoms. The highest BCUT2D eigenvalue weighted by atomic mass is 16.2. The lowest BCUT2D eigenvalue weighted by Crippen LogP contribution is -2.36. The topological polar surface area (TPSA) is 80.9 Å². The maximum Gasteiger partial charge on any atom is 0.274 e. The number of aromatic amines is 2. The standard InChI is InChI=1S/C14H20N6O/c1-9-6-11(16-15-9)14(21)20-5-4-10-12(7-19(2)3)17-18-13(10)8-20/h6H,4-5,7-8H2,1-3H3,(H,15,16)(H,17,18). The maximum absolute atomic E-state index is 12.4. The highest BCUT2D eigenvalue weighted by Crippen LogP contribution is 2.22. The first-order chi connectivity index (χ1) is 10.0. The van der Waals surface area contributed by atoms with Crippen molar-refractivity contribution in [1.29, 1.82) is 0 Å². The van der Waals surface area contributed by atoms with E-state index in [9.17, 15) is 4.79 Å². The van der Waals surface area contributed by atoms with Crippen LogP contribution < -0.4 is 0 Å². The van der Waals surface area contributed by atoms with Crippen LogP contribution in [0.5, 0.6) is 0 Å². The fourth-order valence-electron chi connectivity index (χ4n) is 2.68. The third-order valence-corrected chi connectivity index (χ3v) is 3.70. The largest absolute Gasteiger partial charge is 0.331 e. The van der Waals surface area contributed by atoms with Crippen LogP contribution in [0, 0.1) is 6.92 Å². The van der Waals surface area contributed by atoms with Gasteiger partial charge in [-0.3, -0.25) is 15.0 Å². The lowest BCUT2D eigenvalue weighted by molar-refractivity contribution is 0.0726. The molecule has 0 unspecified atom stereocenters. The summed E-state index contributed by atoms with van der Waals surface area (Å²) in [5.41, 5.74) is 4.75. The predicted octanol–water partition coefficient (Wildman–Crippen LogP) is 0.701. The summed E-state index contributed by atoms with van der Waals surface area (Å²) in [6.45, 7) is 3.98. The number of carbonyl (C=O) groups is 1. The Bertz CT molecular complexity index is 656. The monoisotopic (exact) mass is 288 g/mol. The third kappa shape index (κ3) is 2.69. The number of aryl methyl sites for hydroxylation is 1. The molecule has 0 atom stereocenters. The van der Waals surface area contributed by atoms with E-state index in [1.54, 1.807) is 6.07 Å². The minimum absolute atomic E-state index is 0.0336. The number of nitrogens with zero attached hydrogens (tertiary/aromatic N) is 4. The molecule has 2 aromatic heterocycles. The number of H-pyrrole nitrogens is 2. The molecule has 1 aliphatic heterocycles. The summed E-state index contributed by atoms with van der Waals surface area (Å²) in [5.74, 6) is -0.0336. The van der Waals surface area contributed by atoms with Crippen LogP contribution in [0.15, 0.2) is 6.07 Å². The van der Waals surface area contributed by atoms with Gasteiger partial charge in [-0.05, 0) is 33.5 Å². The summed E-state index contributed by atoms with van der Waals surface area (Å²) in [7, 11) is 4.05. The molecular formula is C14H20N6O. The lowest BCUT2D eigenvalue weighted by atomic mass is 10.0. The average Bonchev–Trinajstić information content (AvgIpc) is 3.04. The zero-order valence-electron chi connectivity index (χ0n) is 12.6. The predicted molar refractivity (Wildman–Crippen MR) is 77.7 cm³/mol. The Morgan fingerprint density at radius 2 is 2.19 bits per heavy atom. The van der Waals surface area contributed by atoms with E-state index in [0.717, 1.165) is 30.0 Å². The quantitative estimate of drug-likeness (QED) is 0.871. The van der Waals surface area contributed by atoms with E-state index in [-0.39, 0.29) is 5.91 Å². The van der Waals surface area contributed by atoms with Crippen molar-refractivity contribution < 1.29 is 4.79 Å². The first-order valence-corrected chi connectivity index (χ1v) is 7.05. The summed E-state index contributed by atoms with van der Waals surface area (Å²) < 4.78 is 0. The Morgan fingerprint density at radius 3 is 2.86 bits per heavy atom. The molecule has 7 nitrogen and oxygen atoms in total. The van der Waals surface area contributed by atoms with Crippen LogP contribution in [-0.2, 0) is 19.5 Å². The Morgan fingerprint density at radius 1 is 1.38 bits per heavy atom. The van der Waals surface area contributed by atoms with Gasteiger partial charge in [-0.1, -0.05) is 0 Å². The van der Waals surface area contributed by atoms with Crippen molar-refractivity contribution in [2.45, 2.75) is 26.4 Å². The Labute approximate surface area is 123 Å². The molecule has 0 fully saturated rings. The van der Waals surface area contributed by atoms with Crippen molar-refractivity contribution in [2.75, 3.05) is 20.6 Å². The van der Waals surface area contributed by atoms with Crippen molar-refractivity contribution in [3.63, 3.8) is 0 Å². The van der Waals surface area contributed by atoms with Gasteiger partial charge in [-0.25, -0.2) is 0 Å². The minimum Gasteiger partial charge on any atom is -0.331 e. The molecule has 3 heterocycles. The van der Waals surface area contributed by atoms with Crippen molar-refractivity contribution in [3.05, 3.63) is 34.4 Å². The summed E-state index contributed by atoms with van der Waals surface area (Å²) in [6, 6.07) is 1.78. The fourth-order valence-corrected chi connectivity index (χ4v) is 2.68. The molecule has 1 amide bonds. The molecule has 112 valence electrons. The summed E-state index contributed by atoms with van der Waals surface area (Å²) in [4.78, 5) is 16.3. The number of fused-ring (bicyclic) bond motifs is 1. The molecule has 2 aromatic rings. The average molecular weight is 288 g/mol. The van der Waals surface area contributed by atoms with E-state index in [1.807, 2.05) is 25.9 Å². The molecule has 0 saturated heterocycles. The van der Waals surface area contributed by atoms with Gasteiger partial charge < -0.3 is 9.80 Å². The van der Waals surface area contributed by atoms with E-state index >= 15 is 0 Å². The number of rotatable bonds is 3. The third-order valence-electron chi connectivity index (χ3n) is 3.70. The molecule has 0 aliphatic carbocycles. The van der Waals surface area contributed by atoms with Crippen LogP contribution in [0.25, 0.3) is 0 Å². The van der Waals surface area contributed by atoms with Crippen molar-refractivity contribution in [2.24, 2.45) is 0 Å². The smallest absolute Gasteiger partial charge is 0.274 e. The Hall–Kier alpha value is -2.15. The van der Waals surface area contributed by atoms with E-state index in [2.05, 4.69) is 25.3 Å². The zero-order valence-corrected chi connectivity index (χ0v) is 12.6. The summed E-state index contributed by atoms with van der Waals surface area (Å²) in [6.07, 6.45) is 0.837. The lowest BCUT2D eigenvalue weighted by Gasteiger charge is -2.26. The fraction of sp³-hybridized carbons (Fsp3) is 0.500. The first kappa shape index (κ1) is 13.8. The SMILES string of the molecule is Cc1cc(C(=O)N2CCc3c(CN(C)C)n[nH]c3C2)n[nH]1. The molecule has 2 N–H and O–H groups in total. The first-order valence-electron chi connectivity index (χ1n) is 7.05. The van der Waals surface area contributed by atoms with Gasteiger partial charge in [0.2, 0.25) is 0 Å². The van der Waals surface area contributed by atoms with Crippen LogP contribution in [0.2, 0.25) is 0 Å². The second-order valence-electron chi connectivity index (χ2n) is 5.78. The van der Waals surface area contributed by atoms with Crippen molar-refractivity contribution >= 4 is 5.91 Å². The number of nitrogens with one attached hydrogen (secondary N) is 2. The Kier molecular flexibility index (Phi) is 3.50. The number of amides is 1. The van der Waals surface area contributed by atoms with Gasteiger partial charge in [-0.2, -0.15) is 10.2 Å². The van der Waals surface area contributed by atoms with Gasteiger partial charge in [0.15, 0.2) is 0 Å². The molecule has 0 radical (unpaired) electrons. The number of hydrogen-bond acceptors (Lipinski definition) is 4. The van der Waals surface area contributed by atoms with Gasteiger partial charge in [0.25, 0.3) is 5.91 Å². The van der Waals surface area contributed by atoms with Gasteiger partial charge in [0.05, 0.1) is 17.9 Å².